The summed E-state index contributed by atoms with van der Waals surface area (Å²) in [6.45, 7) is 3.20. The lowest BCUT2D eigenvalue weighted by Crippen LogP contribution is -2.62. The first-order valence-corrected chi connectivity index (χ1v) is 10.9. The van der Waals surface area contributed by atoms with Crippen molar-refractivity contribution in [1.82, 2.24) is 0 Å². The molecule has 4 aliphatic carbocycles. The number of aliphatic hydroxyl groups excluding tert-OH is 2. The van der Waals surface area contributed by atoms with Crippen molar-refractivity contribution in [1.29, 1.82) is 0 Å². The Morgan fingerprint density at radius 2 is 1.93 bits per heavy atom. The second kappa shape index (κ2) is 6.82. The smallest absolute Gasteiger partial charge is 0.190 e. The first-order valence-electron chi connectivity index (χ1n) is 10.9. The summed E-state index contributed by atoms with van der Waals surface area (Å²) in [5, 5.41) is 30.3. The van der Waals surface area contributed by atoms with Gasteiger partial charge in [-0.15, -0.1) is 0 Å². The molecule has 160 valence electrons. The number of fused-ring (bicyclic) bond motifs is 5. The van der Waals surface area contributed by atoms with Crippen molar-refractivity contribution in [3.8, 4) is 0 Å². The van der Waals surface area contributed by atoms with Crippen molar-refractivity contribution in [3.05, 3.63) is 11.6 Å². The van der Waals surface area contributed by atoms with Gasteiger partial charge >= 0.3 is 0 Å². The van der Waals surface area contributed by atoms with Crippen molar-refractivity contribution in [3.63, 3.8) is 0 Å². The van der Waals surface area contributed by atoms with E-state index >= 15 is 0 Å². The van der Waals surface area contributed by atoms with Crippen molar-refractivity contribution in [2.45, 2.75) is 64.4 Å². The predicted molar refractivity (Wildman–Crippen MR) is 105 cm³/mol. The molecule has 0 bridgehead atoms. The molecular weight excluding hydrogens is 372 g/mol. The highest BCUT2D eigenvalue weighted by molar-refractivity contribution is 5.94. The lowest BCUT2D eigenvalue weighted by atomic mass is 9.43. The van der Waals surface area contributed by atoms with Crippen molar-refractivity contribution in [2.24, 2.45) is 34.5 Å². The van der Waals surface area contributed by atoms with E-state index in [0.717, 1.165) is 18.4 Å². The van der Waals surface area contributed by atoms with Crippen LogP contribution in [0.2, 0.25) is 0 Å². The van der Waals surface area contributed by atoms with E-state index in [1.807, 2.05) is 6.92 Å². The highest BCUT2D eigenvalue weighted by Crippen LogP contribution is 2.67. The van der Waals surface area contributed by atoms with Crippen LogP contribution in [0.1, 0.15) is 58.8 Å². The van der Waals surface area contributed by atoms with Gasteiger partial charge in [-0.2, -0.15) is 0 Å². The maximum absolute atomic E-state index is 13.6. The zero-order valence-electron chi connectivity index (χ0n) is 17.3. The van der Waals surface area contributed by atoms with Crippen LogP contribution in [0.3, 0.4) is 0 Å². The fourth-order valence-electron chi connectivity index (χ4n) is 7.72. The standard InChI is InChI=1S/C23H32O6/c1-21-11-18(27)20-16(17(21)5-7-23(21,29)19(28)12-25)4-3-13-9-15(26)10-14(6-8-24)22(13,20)2/h9,14,16-17,20,24-25,29H,3-8,10-12H2,1-2H3/t14?,16-,17-,20+,21-,22+,23-/m0/s1. The normalized spacial score (nSPS) is 46.6. The Hall–Kier alpha value is -1.37. The minimum atomic E-state index is -1.66. The van der Waals surface area contributed by atoms with Gasteiger partial charge in [0.1, 0.15) is 18.0 Å². The SMILES string of the molecule is C[C@]12CC(=O)[C@H]3[C@@H](CCC4=CC(=O)CC(CCO)[C@@]43C)[C@@H]1CC[C@]2(O)C(=O)CO. The predicted octanol–water partition coefficient (Wildman–Crippen LogP) is 1.60. The number of hydrogen-bond donors (Lipinski definition) is 3. The average Bonchev–Trinajstić information content (AvgIpc) is 2.94. The van der Waals surface area contributed by atoms with Gasteiger partial charge in [0.25, 0.3) is 0 Å². The Labute approximate surface area is 171 Å². The van der Waals surface area contributed by atoms with E-state index in [1.165, 1.54) is 0 Å². The molecule has 3 saturated carbocycles. The molecule has 0 aromatic carbocycles. The molecule has 0 spiro atoms. The van der Waals surface area contributed by atoms with Gasteiger partial charge < -0.3 is 15.3 Å². The molecule has 6 nitrogen and oxygen atoms in total. The average molecular weight is 405 g/mol. The molecule has 4 aliphatic rings. The summed E-state index contributed by atoms with van der Waals surface area (Å²) in [5.74, 6) is -0.721. The third-order valence-corrected chi connectivity index (χ3v) is 9.21. The van der Waals surface area contributed by atoms with Gasteiger partial charge in [-0.25, -0.2) is 0 Å². The van der Waals surface area contributed by atoms with Crippen LogP contribution >= 0.6 is 0 Å². The van der Waals surface area contributed by atoms with Crippen LogP contribution in [0, 0.1) is 34.5 Å². The summed E-state index contributed by atoms with van der Waals surface area (Å²) in [5.41, 5.74) is -1.94. The highest BCUT2D eigenvalue weighted by atomic mass is 16.3. The maximum atomic E-state index is 13.6. The molecule has 3 N–H and O–H groups in total. The molecule has 29 heavy (non-hydrogen) atoms. The van der Waals surface area contributed by atoms with Crippen LogP contribution in [-0.4, -0.2) is 51.5 Å². The second-order valence-corrected chi connectivity index (χ2v) is 10.2. The summed E-state index contributed by atoms with van der Waals surface area (Å²) in [6.07, 6.45) is 5.12. The monoisotopic (exact) mass is 404 g/mol. The molecule has 0 aromatic heterocycles. The van der Waals surface area contributed by atoms with Gasteiger partial charge in [-0.05, 0) is 55.9 Å². The molecule has 0 heterocycles. The van der Waals surface area contributed by atoms with Crippen LogP contribution < -0.4 is 0 Å². The van der Waals surface area contributed by atoms with Crippen LogP contribution in [0.5, 0.6) is 0 Å². The number of aliphatic hydroxyl groups is 3. The largest absolute Gasteiger partial charge is 0.396 e. The number of carbonyl (C=O) groups excluding carboxylic acids is 3. The summed E-state index contributed by atoms with van der Waals surface area (Å²) >= 11 is 0. The molecular formula is C23H32O6. The van der Waals surface area contributed by atoms with E-state index in [0.29, 0.717) is 19.3 Å². The number of Topliss-reactive ketones (excluding diaryl/α,β-unsaturated/α-hetero) is 2. The lowest BCUT2D eigenvalue weighted by molar-refractivity contribution is -0.172. The fourth-order valence-corrected chi connectivity index (χ4v) is 7.72. The number of carbonyl (C=O) groups is 3. The molecule has 0 aliphatic heterocycles. The van der Waals surface area contributed by atoms with E-state index in [-0.39, 0.29) is 54.7 Å². The molecule has 0 aromatic rings. The third-order valence-electron chi connectivity index (χ3n) is 9.21. The third kappa shape index (κ3) is 2.61. The van der Waals surface area contributed by atoms with Crippen LogP contribution in [0.15, 0.2) is 11.6 Å². The van der Waals surface area contributed by atoms with E-state index in [9.17, 15) is 29.7 Å². The second-order valence-electron chi connectivity index (χ2n) is 10.2. The van der Waals surface area contributed by atoms with Gasteiger partial charge in [-0.1, -0.05) is 19.4 Å². The van der Waals surface area contributed by atoms with Gasteiger partial charge in [0.05, 0.1) is 0 Å². The van der Waals surface area contributed by atoms with Crippen molar-refractivity contribution in [2.75, 3.05) is 13.2 Å². The zero-order valence-corrected chi connectivity index (χ0v) is 17.3. The molecule has 0 radical (unpaired) electrons. The summed E-state index contributed by atoms with van der Waals surface area (Å²) in [6, 6.07) is 0. The molecule has 3 fully saturated rings. The Bertz CT molecular complexity index is 786. The van der Waals surface area contributed by atoms with Gasteiger partial charge in [0, 0.05) is 36.2 Å². The maximum Gasteiger partial charge on any atom is 0.190 e. The molecule has 0 amide bonds. The summed E-state index contributed by atoms with van der Waals surface area (Å²) < 4.78 is 0. The zero-order chi connectivity index (χ0) is 21.2. The van der Waals surface area contributed by atoms with Gasteiger partial charge in [0.2, 0.25) is 0 Å². The quantitative estimate of drug-likeness (QED) is 0.656. The van der Waals surface area contributed by atoms with Crippen LogP contribution in [-0.2, 0) is 14.4 Å². The Morgan fingerprint density at radius 1 is 1.21 bits per heavy atom. The molecule has 7 atom stereocenters. The van der Waals surface area contributed by atoms with Gasteiger partial charge in [0.15, 0.2) is 11.6 Å². The molecule has 0 saturated heterocycles. The Kier molecular flexibility index (Phi) is 4.91. The van der Waals surface area contributed by atoms with E-state index in [4.69, 9.17) is 0 Å². The Morgan fingerprint density at radius 3 is 2.59 bits per heavy atom. The van der Waals surface area contributed by atoms with E-state index < -0.39 is 28.8 Å². The minimum Gasteiger partial charge on any atom is -0.396 e. The van der Waals surface area contributed by atoms with E-state index in [2.05, 4.69) is 6.92 Å². The van der Waals surface area contributed by atoms with Crippen LogP contribution in [0.25, 0.3) is 0 Å². The lowest BCUT2D eigenvalue weighted by Gasteiger charge is -2.59. The number of ketones is 3. The number of allylic oxidation sites excluding steroid dienone is 1. The van der Waals surface area contributed by atoms with E-state index in [1.54, 1.807) is 6.08 Å². The molecule has 4 rings (SSSR count). The van der Waals surface area contributed by atoms with Gasteiger partial charge in [-0.3, -0.25) is 14.4 Å². The summed E-state index contributed by atoms with van der Waals surface area (Å²) in [7, 11) is 0. The fraction of sp³-hybridized carbons (Fsp3) is 0.783. The summed E-state index contributed by atoms with van der Waals surface area (Å²) in [4.78, 5) is 38.3. The van der Waals surface area contributed by atoms with Crippen molar-refractivity contribution < 1.29 is 29.7 Å². The van der Waals surface area contributed by atoms with Crippen molar-refractivity contribution >= 4 is 17.3 Å². The highest BCUT2D eigenvalue weighted by Gasteiger charge is 2.69. The first-order chi connectivity index (χ1) is 13.6. The Balaban J connectivity index is 1.77. The topological polar surface area (TPSA) is 112 Å². The molecule has 6 heteroatoms. The number of rotatable bonds is 4. The number of hydrogen-bond acceptors (Lipinski definition) is 6. The van der Waals surface area contributed by atoms with Crippen LogP contribution in [0.4, 0.5) is 0 Å². The molecule has 1 unspecified atom stereocenters. The first kappa shape index (κ1) is 20.9. The minimum absolute atomic E-state index is 0.0156.